The molecule has 54 valence electrons. The van der Waals surface area contributed by atoms with Gasteiger partial charge in [-0.05, 0) is 0 Å². The van der Waals surface area contributed by atoms with Crippen molar-refractivity contribution in [1.82, 2.24) is 0 Å². The second-order valence-electron chi connectivity index (χ2n) is 1.54. The van der Waals surface area contributed by atoms with Gasteiger partial charge in [-0.2, -0.15) is 0 Å². The number of carboxylic acid groups (broad SMARTS) is 2. The molecule has 10 heavy (non-hydrogen) atoms. The summed E-state index contributed by atoms with van der Waals surface area (Å²) in [6.07, 6.45) is -0.532. The minimum Gasteiger partial charge on any atom is -1.00 e. The van der Waals surface area contributed by atoms with Gasteiger partial charge in [0.2, 0.25) is 0 Å². The summed E-state index contributed by atoms with van der Waals surface area (Å²) in [5, 5.41) is 16.0. The van der Waals surface area contributed by atoms with Gasteiger partial charge >= 0.3 is 80.8 Å². The Morgan fingerprint density at radius 3 is 2.00 bits per heavy atom. The summed E-state index contributed by atoms with van der Waals surface area (Å²) in [5.41, 5.74) is 4.84. The molecule has 0 aromatic heterocycles. The zero-order valence-electron chi connectivity index (χ0n) is 6.57. The maximum Gasteiger partial charge on any atom is 1.00 e. The fraction of sp³-hybridized carbons (Fsp3) is 0.500. The average Bonchev–Trinajstić information content (AvgIpc) is 1.63. The van der Waals surface area contributed by atoms with Crippen molar-refractivity contribution in [2.45, 2.75) is 12.5 Å². The predicted molar refractivity (Wildman–Crippen MR) is 29.0 cm³/mol. The van der Waals surface area contributed by atoms with Crippen molar-refractivity contribution < 1.29 is 90.1 Å². The molecule has 0 aromatic rings. The van der Waals surface area contributed by atoms with Crippen LogP contribution in [0.5, 0.6) is 0 Å². The van der Waals surface area contributed by atoms with Gasteiger partial charge in [0.1, 0.15) is 6.04 Å². The van der Waals surface area contributed by atoms with Crippen LogP contribution in [-0.4, -0.2) is 28.2 Å². The molecule has 0 heterocycles. The van der Waals surface area contributed by atoms with Crippen LogP contribution in [0, 0.1) is 0 Å². The van der Waals surface area contributed by atoms with E-state index in [0.717, 1.165) is 0 Å². The van der Waals surface area contributed by atoms with E-state index in [1.54, 1.807) is 0 Å². The molecule has 4 N–H and O–H groups in total. The molecule has 0 amide bonds. The van der Waals surface area contributed by atoms with Crippen LogP contribution >= 0.6 is 0 Å². The summed E-state index contributed by atoms with van der Waals surface area (Å²) >= 11 is 0. The summed E-state index contributed by atoms with van der Waals surface area (Å²) in [6.45, 7) is 0. The molecule has 0 rings (SSSR count). The van der Waals surface area contributed by atoms with E-state index in [4.69, 9.17) is 15.9 Å². The normalized spacial score (nSPS) is 11.3. The van der Waals surface area contributed by atoms with Crippen molar-refractivity contribution in [3.05, 3.63) is 0 Å². The first-order chi connectivity index (χ1) is 4.04. The van der Waals surface area contributed by atoms with Crippen molar-refractivity contribution >= 4 is 11.9 Å². The number of rotatable bonds is 3. The van der Waals surface area contributed by atoms with Crippen LogP contribution in [0.4, 0.5) is 0 Å². The minimum atomic E-state index is -1.29. The molecule has 0 aliphatic rings. The third-order valence-corrected chi connectivity index (χ3v) is 0.712. The molecule has 0 saturated carbocycles. The topological polar surface area (TPSA) is 101 Å². The van der Waals surface area contributed by atoms with Gasteiger partial charge < -0.3 is 17.4 Å². The molecule has 1 atom stereocenters. The fourth-order valence-corrected chi connectivity index (χ4v) is 0.275. The van der Waals surface area contributed by atoms with E-state index in [2.05, 4.69) is 0 Å². The Kier molecular flexibility index (Phi) is 9.00. The van der Waals surface area contributed by atoms with Gasteiger partial charge in [-0.3, -0.25) is 9.59 Å². The van der Waals surface area contributed by atoms with E-state index in [-0.39, 0.29) is 70.3 Å². The van der Waals surface area contributed by atoms with Crippen molar-refractivity contribution in [3.8, 4) is 0 Å². The smallest absolute Gasteiger partial charge is 1.00 e. The van der Waals surface area contributed by atoms with Crippen LogP contribution in [0.2, 0.25) is 0 Å². The number of hydrogen-bond acceptors (Lipinski definition) is 3. The summed E-state index contributed by atoms with van der Waals surface area (Å²) in [5.74, 6) is -2.50. The Hall–Kier alpha value is 0.952. The monoisotopic (exact) mass is 267 g/mol. The minimum absolute atomic E-state index is 0. The van der Waals surface area contributed by atoms with Crippen LogP contribution in [0.15, 0.2) is 0 Å². The number of nitrogens with two attached hydrogens (primary N) is 1. The Labute approximate surface area is 118 Å². The number of carboxylic acids is 2. The first-order valence-electron chi connectivity index (χ1n) is 2.24. The molecular formula is C4H8CsNO4. The SMILES string of the molecule is N[C@@H](CC(=O)O)C(=O)O.[Cs+].[H-]. The molecule has 0 unspecified atom stereocenters. The van der Waals surface area contributed by atoms with Crippen molar-refractivity contribution in [2.24, 2.45) is 5.73 Å². The third-order valence-electron chi connectivity index (χ3n) is 0.712. The maximum absolute atomic E-state index is 9.85. The fourth-order valence-electron chi connectivity index (χ4n) is 0.275. The Morgan fingerprint density at radius 1 is 1.50 bits per heavy atom. The molecule has 0 aromatic carbocycles. The predicted octanol–water partition coefficient (Wildman–Crippen LogP) is -4.01. The second kappa shape index (κ2) is 6.65. The molecule has 5 nitrogen and oxygen atoms in total. The van der Waals surface area contributed by atoms with Gasteiger partial charge in [0.25, 0.3) is 0 Å². The largest absolute Gasteiger partial charge is 1.00 e. The number of hydrogen-bond donors (Lipinski definition) is 3. The van der Waals surface area contributed by atoms with Gasteiger partial charge in [0.15, 0.2) is 0 Å². The standard InChI is InChI=1S/C4H7NO4.Cs.H/c5-2(4(8)9)1-3(6)7;;/h2H,1,5H2,(H,6,7)(H,8,9);;/q;+1;-1/t2-;;/m0../s1. The van der Waals surface area contributed by atoms with Gasteiger partial charge in [-0.1, -0.05) is 0 Å². The van der Waals surface area contributed by atoms with Crippen LogP contribution in [-0.2, 0) is 9.59 Å². The van der Waals surface area contributed by atoms with Crippen molar-refractivity contribution in [1.29, 1.82) is 0 Å². The molecular weight excluding hydrogens is 259 g/mol. The van der Waals surface area contributed by atoms with Crippen LogP contribution in [0.3, 0.4) is 0 Å². The van der Waals surface area contributed by atoms with Crippen LogP contribution in [0.25, 0.3) is 0 Å². The summed E-state index contributed by atoms with van der Waals surface area (Å²) in [4.78, 5) is 19.6. The Bertz CT molecular complexity index is 142. The zero-order chi connectivity index (χ0) is 7.44. The van der Waals surface area contributed by atoms with Gasteiger partial charge in [-0.15, -0.1) is 0 Å². The molecule has 0 aliphatic heterocycles. The summed E-state index contributed by atoms with van der Waals surface area (Å²) in [7, 11) is 0. The quantitative estimate of drug-likeness (QED) is 0.483. The molecule has 0 spiro atoms. The summed E-state index contributed by atoms with van der Waals surface area (Å²) < 4.78 is 0. The third kappa shape index (κ3) is 7.06. The van der Waals surface area contributed by atoms with Crippen molar-refractivity contribution in [3.63, 3.8) is 0 Å². The Balaban J connectivity index is -0.000000320. The second-order valence-corrected chi connectivity index (χ2v) is 1.54. The first kappa shape index (κ1) is 13.5. The van der Waals surface area contributed by atoms with Gasteiger partial charge in [-0.25, -0.2) is 0 Å². The molecule has 0 radical (unpaired) electrons. The average molecular weight is 267 g/mol. The van der Waals surface area contributed by atoms with E-state index < -0.39 is 24.4 Å². The summed E-state index contributed by atoms with van der Waals surface area (Å²) in [6, 6.07) is -1.29. The van der Waals surface area contributed by atoms with Crippen molar-refractivity contribution in [2.75, 3.05) is 0 Å². The van der Waals surface area contributed by atoms with E-state index in [9.17, 15) is 9.59 Å². The first-order valence-corrected chi connectivity index (χ1v) is 2.24. The van der Waals surface area contributed by atoms with E-state index in [0.29, 0.717) is 0 Å². The molecule has 0 bridgehead atoms. The number of carbonyl (C=O) groups is 2. The zero-order valence-corrected chi connectivity index (χ0v) is 11.9. The Morgan fingerprint density at radius 2 is 1.90 bits per heavy atom. The molecule has 0 fully saturated rings. The molecule has 0 aliphatic carbocycles. The van der Waals surface area contributed by atoms with E-state index >= 15 is 0 Å². The van der Waals surface area contributed by atoms with Crippen LogP contribution < -0.4 is 74.6 Å². The van der Waals surface area contributed by atoms with Gasteiger partial charge in [0.05, 0.1) is 6.42 Å². The van der Waals surface area contributed by atoms with Gasteiger partial charge in [0, 0.05) is 0 Å². The maximum atomic E-state index is 9.85. The van der Waals surface area contributed by atoms with E-state index in [1.165, 1.54) is 0 Å². The van der Waals surface area contributed by atoms with Crippen LogP contribution in [0.1, 0.15) is 7.85 Å². The molecule has 0 saturated heterocycles. The number of aliphatic carboxylic acids is 2. The van der Waals surface area contributed by atoms with E-state index in [1.807, 2.05) is 0 Å². The molecule has 6 heteroatoms.